The van der Waals surface area contributed by atoms with Crippen LogP contribution in [0.3, 0.4) is 0 Å². The van der Waals surface area contributed by atoms with Gasteiger partial charge in [-0.25, -0.2) is 0 Å². The second-order valence-corrected chi connectivity index (χ2v) is 27.0. The summed E-state index contributed by atoms with van der Waals surface area (Å²) in [6.07, 6.45) is 0.364. The molecule has 252 valence electrons. The van der Waals surface area contributed by atoms with E-state index in [2.05, 4.69) is 108 Å². The van der Waals surface area contributed by atoms with Gasteiger partial charge in [0.15, 0.2) is 19.9 Å². The van der Waals surface area contributed by atoms with Crippen molar-refractivity contribution >= 4 is 16.6 Å². The van der Waals surface area contributed by atoms with Gasteiger partial charge in [-0.05, 0) is 81.5 Å². The van der Waals surface area contributed by atoms with E-state index in [4.69, 9.17) is 23.1 Å². The molecular formula is C36H64O6Si2. The maximum atomic E-state index is 12.3. The highest BCUT2D eigenvalue weighted by atomic mass is 28.4. The van der Waals surface area contributed by atoms with Crippen molar-refractivity contribution in [3.8, 4) is 11.5 Å². The summed E-state index contributed by atoms with van der Waals surface area (Å²) in [5, 5.41) is 12.4. The molecule has 1 N–H and O–H groups in total. The van der Waals surface area contributed by atoms with Crippen LogP contribution in [0.25, 0.3) is 0 Å². The molecule has 6 nitrogen and oxygen atoms in total. The number of aliphatic hydroxyl groups is 1. The van der Waals surface area contributed by atoms with E-state index in [1.165, 1.54) is 5.57 Å². The second kappa shape index (κ2) is 12.1. The summed E-state index contributed by atoms with van der Waals surface area (Å²) in [4.78, 5) is 0. The molecule has 1 aliphatic carbocycles. The van der Waals surface area contributed by atoms with Crippen molar-refractivity contribution in [2.24, 2.45) is 10.8 Å². The second-order valence-electron chi connectivity index (χ2n) is 17.5. The third-order valence-electron chi connectivity index (χ3n) is 11.7. The predicted octanol–water partition coefficient (Wildman–Crippen LogP) is 9.20. The van der Waals surface area contributed by atoms with Crippen LogP contribution in [0.2, 0.25) is 36.3 Å². The number of methoxy groups -OCH3 is 1. The van der Waals surface area contributed by atoms with Gasteiger partial charge in [-0.15, -0.1) is 0 Å². The van der Waals surface area contributed by atoms with Crippen molar-refractivity contribution in [3.05, 3.63) is 34.4 Å². The zero-order valence-electron chi connectivity index (χ0n) is 31.1. The number of fused-ring (bicyclic) bond motifs is 1. The number of hydrogen-bond acceptors (Lipinski definition) is 6. The SMILES string of the molecule is COc1c(C[C@H](O)C2=C(C)C[C@H](O[Si](C)(C)C(C)(C)C)[C@@]3(C)COC(C)(C)OC[C@@]23C)ccc(C)c1O[Si](C)(C)C(C)(C)C. The molecule has 4 atom stereocenters. The molecule has 0 saturated carbocycles. The highest BCUT2D eigenvalue weighted by molar-refractivity contribution is 6.75. The molecule has 1 fully saturated rings. The Kier molecular flexibility index (Phi) is 10.3. The number of ether oxygens (including phenoxy) is 3. The van der Waals surface area contributed by atoms with Crippen LogP contribution in [0.4, 0.5) is 0 Å². The number of aryl methyl sites for hydroxylation is 1. The molecule has 0 spiro atoms. The minimum absolute atomic E-state index is 0.0431. The molecule has 0 radical (unpaired) electrons. The molecule has 1 aromatic rings. The number of benzene rings is 1. The van der Waals surface area contributed by atoms with Crippen LogP contribution < -0.4 is 9.16 Å². The van der Waals surface area contributed by atoms with Crippen LogP contribution in [-0.2, 0) is 20.3 Å². The van der Waals surface area contributed by atoms with Crippen LogP contribution >= 0.6 is 0 Å². The first-order valence-corrected chi connectivity index (χ1v) is 22.2. The maximum absolute atomic E-state index is 12.3. The monoisotopic (exact) mass is 648 g/mol. The van der Waals surface area contributed by atoms with Gasteiger partial charge in [0, 0.05) is 22.8 Å². The van der Waals surface area contributed by atoms with Gasteiger partial charge < -0.3 is 28.2 Å². The van der Waals surface area contributed by atoms with Crippen LogP contribution in [0.1, 0.15) is 93.7 Å². The quantitative estimate of drug-likeness (QED) is 0.224. The molecule has 1 aromatic carbocycles. The van der Waals surface area contributed by atoms with Gasteiger partial charge in [0.1, 0.15) is 5.75 Å². The largest absolute Gasteiger partial charge is 0.541 e. The van der Waals surface area contributed by atoms with Crippen LogP contribution in [0.15, 0.2) is 23.3 Å². The van der Waals surface area contributed by atoms with Crippen LogP contribution in [-0.4, -0.2) is 60.1 Å². The fourth-order valence-electron chi connectivity index (χ4n) is 6.21. The molecule has 0 aromatic heterocycles. The van der Waals surface area contributed by atoms with Crippen LogP contribution in [0, 0.1) is 17.8 Å². The lowest BCUT2D eigenvalue weighted by atomic mass is 9.53. The average Bonchev–Trinajstić information content (AvgIpc) is 2.94. The van der Waals surface area contributed by atoms with E-state index in [0.29, 0.717) is 19.6 Å². The van der Waals surface area contributed by atoms with Crippen LogP contribution in [0.5, 0.6) is 11.5 Å². The number of aliphatic hydroxyl groups excluding tert-OH is 1. The average molecular weight is 649 g/mol. The summed E-state index contributed by atoms with van der Waals surface area (Å²) in [5.41, 5.74) is 3.25. The molecule has 1 saturated heterocycles. The Hall–Kier alpha value is -1.17. The lowest BCUT2D eigenvalue weighted by Crippen LogP contribution is -2.60. The van der Waals surface area contributed by atoms with Gasteiger partial charge in [0.25, 0.3) is 8.32 Å². The Morgan fingerprint density at radius 1 is 0.886 bits per heavy atom. The molecule has 3 rings (SSSR count). The summed E-state index contributed by atoms with van der Waals surface area (Å²) in [6.45, 7) is 36.4. The smallest absolute Gasteiger partial charge is 0.250 e. The molecule has 1 heterocycles. The highest BCUT2D eigenvalue weighted by Gasteiger charge is 2.60. The molecular weight excluding hydrogens is 585 g/mol. The van der Waals surface area contributed by atoms with Crippen molar-refractivity contribution in [3.63, 3.8) is 0 Å². The molecule has 44 heavy (non-hydrogen) atoms. The van der Waals surface area contributed by atoms with E-state index in [1.807, 2.05) is 13.8 Å². The summed E-state index contributed by atoms with van der Waals surface area (Å²) in [6, 6.07) is 4.17. The first-order chi connectivity index (χ1) is 19.7. The van der Waals surface area contributed by atoms with E-state index >= 15 is 0 Å². The van der Waals surface area contributed by atoms with Gasteiger partial charge in [-0.2, -0.15) is 0 Å². The normalized spacial score (nSPS) is 27.5. The van der Waals surface area contributed by atoms with E-state index in [0.717, 1.165) is 34.6 Å². The van der Waals surface area contributed by atoms with E-state index in [1.54, 1.807) is 7.11 Å². The lowest BCUT2D eigenvalue weighted by Gasteiger charge is -2.57. The van der Waals surface area contributed by atoms with Gasteiger partial charge in [0.2, 0.25) is 0 Å². The molecule has 8 heteroatoms. The molecule has 2 aliphatic rings. The van der Waals surface area contributed by atoms with Crippen molar-refractivity contribution in [2.45, 2.75) is 150 Å². The minimum atomic E-state index is -2.13. The Morgan fingerprint density at radius 3 is 1.95 bits per heavy atom. The lowest BCUT2D eigenvalue weighted by molar-refractivity contribution is -0.207. The van der Waals surface area contributed by atoms with Crippen molar-refractivity contribution < 1.29 is 28.2 Å². The zero-order valence-corrected chi connectivity index (χ0v) is 33.1. The summed E-state index contributed by atoms with van der Waals surface area (Å²) >= 11 is 0. The van der Waals surface area contributed by atoms with Gasteiger partial charge in [-0.3, -0.25) is 0 Å². The maximum Gasteiger partial charge on any atom is 0.250 e. The Balaban J connectivity index is 2.11. The Labute approximate surface area is 271 Å². The molecule has 1 aliphatic heterocycles. The fraction of sp³-hybridized carbons (Fsp3) is 0.778. The van der Waals surface area contributed by atoms with E-state index in [-0.39, 0.29) is 16.2 Å². The van der Waals surface area contributed by atoms with Crippen molar-refractivity contribution in [1.82, 2.24) is 0 Å². The Bertz CT molecular complexity index is 1240. The number of hydrogen-bond donors (Lipinski definition) is 1. The highest BCUT2D eigenvalue weighted by Crippen LogP contribution is 2.59. The first kappa shape index (κ1) is 37.3. The molecule has 0 unspecified atom stereocenters. The van der Waals surface area contributed by atoms with E-state index in [9.17, 15) is 5.11 Å². The fourth-order valence-corrected chi connectivity index (χ4v) is 8.69. The van der Waals surface area contributed by atoms with Gasteiger partial charge in [-0.1, -0.05) is 73.1 Å². The van der Waals surface area contributed by atoms with E-state index < -0.39 is 39.4 Å². The number of rotatable bonds is 8. The predicted molar refractivity (Wildman–Crippen MR) is 187 cm³/mol. The third kappa shape index (κ3) is 6.91. The zero-order chi connectivity index (χ0) is 33.9. The van der Waals surface area contributed by atoms with Crippen molar-refractivity contribution in [1.29, 1.82) is 0 Å². The Morgan fingerprint density at radius 2 is 1.43 bits per heavy atom. The first-order valence-electron chi connectivity index (χ1n) is 16.4. The topological polar surface area (TPSA) is 66.4 Å². The standard InChI is InChI=1S/C36H64O6Si2/c1-24-18-19-26(31(38-13)30(24)42-44(16,17)33(6,7)8)21-27(37)29-25(2)20-28(41-43(14,15)32(3,4)5)35(11)22-39-34(9,10)40-23-36(29,35)12/h18-19,27-28,37H,20-23H2,1-17H3/t27-,28-,35+,36-/m0/s1. The summed E-state index contributed by atoms with van der Waals surface area (Å²) in [7, 11) is -2.53. The third-order valence-corrected chi connectivity index (χ3v) is 20.5. The van der Waals surface area contributed by atoms with Crippen molar-refractivity contribution in [2.75, 3.05) is 20.3 Å². The molecule has 0 amide bonds. The minimum Gasteiger partial charge on any atom is -0.541 e. The van der Waals surface area contributed by atoms with Gasteiger partial charge in [0.05, 0.1) is 32.5 Å². The summed E-state index contributed by atoms with van der Waals surface area (Å²) in [5.74, 6) is 0.784. The molecule has 0 bridgehead atoms. The summed E-state index contributed by atoms with van der Waals surface area (Å²) < 4.78 is 33.0. The van der Waals surface area contributed by atoms with Gasteiger partial charge >= 0.3 is 0 Å².